The summed E-state index contributed by atoms with van der Waals surface area (Å²) in [6, 6.07) is 15.2. The van der Waals surface area contributed by atoms with Gasteiger partial charge in [0.25, 0.3) is 15.9 Å². The van der Waals surface area contributed by atoms with Crippen LogP contribution < -0.4 is 9.46 Å². The van der Waals surface area contributed by atoms with E-state index in [1.165, 1.54) is 12.1 Å². The van der Waals surface area contributed by atoms with Crippen LogP contribution >= 0.6 is 0 Å². The topological polar surface area (TPSA) is 91.8 Å². The number of hydrogen-bond acceptors (Lipinski definition) is 6. The molecule has 0 unspecified atom stereocenters. The lowest BCUT2D eigenvalue weighted by atomic mass is 10.1. The number of benzene rings is 2. The van der Waals surface area contributed by atoms with Crippen molar-refractivity contribution in [1.82, 2.24) is 14.8 Å². The molecule has 0 spiro atoms. The number of carbonyl (C=O) groups excluding carboxylic acids is 1. The average molecular weight is 481 g/mol. The monoisotopic (exact) mass is 480 g/mol. The smallest absolute Gasteiger partial charge is 0.261 e. The number of hydrogen-bond donors (Lipinski definition) is 1. The van der Waals surface area contributed by atoms with Crippen LogP contribution in [0.1, 0.15) is 21.5 Å². The number of aromatic nitrogens is 1. The van der Waals surface area contributed by atoms with E-state index in [0.717, 1.165) is 30.8 Å². The zero-order chi connectivity index (χ0) is 24.1. The maximum absolute atomic E-state index is 13.3. The maximum atomic E-state index is 13.3. The second-order valence-corrected chi connectivity index (χ2v) is 9.92. The van der Waals surface area contributed by atoms with E-state index in [1.54, 1.807) is 48.5 Å². The molecule has 2 heterocycles. The first kappa shape index (κ1) is 23.7. The minimum atomic E-state index is -3.86. The summed E-state index contributed by atoms with van der Waals surface area (Å²) in [6.45, 7) is 5.27. The molecule has 2 aromatic carbocycles. The number of ether oxygens (including phenoxy) is 1. The molecule has 9 heteroatoms. The second kappa shape index (κ2) is 10.2. The SMILES string of the molecule is COc1ccc(NS(=O)(=O)c2ccc(C)c(C(=O)N3CCN(Cc4cccnc4)CC3)c2)cc1. The zero-order valence-electron chi connectivity index (χ0n) is 19.3. The van der Waals surface area contributed by atoms with Crippen LogP contribution in [0, 0.1) is 6.92 Å². The van der Waals surface area contributed by atoms with Gasteiger partial charge in [-0.25, -0.2) is 8.42 Å². The number of pyridine rings is 1. The Morgan fingerprint density at radius 2 is 1.79 bits per heavy atom. The van der Waals surface area contributed by atoms with E-state index in [0.29, 0.717) is 30.1 Å². The van der Waals surface area contributed by atoms with Crippen molar-refractivity contribution >= 4 is 21.6 Å². The molecule has 8 nitrogen and oxygen atoms in total. The molecule has 0 bridgehead atoms. The van der Waals surface area contributed by atoms with Crippen LogP contribution in [0.4, 0.5) is 5.69 Å². The van der Waals surface area contributed by atoms with Gasteiger partial charge in [0.1, 0.15) is 5.75 Å². The molecule has 0 atom stereocenters. The Labute approximate surface area is 200 Å². The van der Waals surface area contributed by atoms with E-state index in [2.05, 4.69) is 14.6 Å². The van der Waals surface area contributed by atoms with Crippen molar-refractivity contribution in [2.24, 2.45) is 0 Å². The molecule has 1 amide bonds. The molecule has 1 aliphatic heterocycles. The van der Waals surface area contributed by atoms with Gasteiger partial charge in [0.15, 0.2) is 0 Å². The van der Waals surface area contributed by atoms with Gasteiger partial charge in [-0.3, -0.25) is 19.4 Å². The van der Waals surface area contributed by atoms with E-state index in [-0.39, 0.29) is 10.8 Å². The molecular formula is C25H28N4O4S. The van der Waals surface area contributed by atoms with Crippen molar-refractivity contribution in [1.29, 1.82) is 0 Å². The van der Waals surface area contributed by atoms with Gasteiger partial charge in [-0.15, -0.1) is 0 Å². The summed E-state index contributed by atoms with van der Waals surface area (Å²) in [6.07, 6.45) is 3.61. The molecule has 34 heavy (non-hydrogen) atoms. The van der Waals surface area contributed by atoms with E-state index in [9.17, 15) is 13.2 Å². The average Bonchev–Trinajstić information content (AvgIpc) is 2.85. The third-order valence-corrected chi connectivity index (χ3v) is 7.26. The Balaban J connectivity index is 1.44. The van der Waals surface area contributed by atoms with Crippen LogP contribution in [-0.2, 0) is 16.6 Å². The molecule has 0 radical (unpaired) electrons. The van der Waals surface area contributed by atoms with Gasteiger partial charge < -0.3 is 9.64 Å². The first-order valence-electron chi connectivity index (χ1n) is 11.0. The highest BCUT2D eigenvalue weighted by Crippen LogP contribution is 2.22. The van der Waals surface area contributed by atoms with Crippen LogP contribution in [0.2, 0.25) is 0 Å². The van der Waals surface area contributed by atoms with E-state index < -0.39 is 10.0 Å². The maximum Gasteiger partial charge on any atom is 0.261 e. The Bertz CT molecular complexity index is 1240. The highest BCUT2D eigenvalue weighted by molar-refractivity contribution is 7.92. The molecule has 1 saturated heterocycles. The third kappa shape index (κ3) is 5.55. The lowest BCUT2D eigenvalue weighted by Crippen LogP contribution is -2.48. The fourth-order valence-corrected chi connectivity index (χ4v) is 4.99. The first-order valence-corrected chi connectivity index (χ1v) is 12.5. The second-order valence-electron chi connectivity index (χ2n) is 8.24. The number of nitrogens with one attached hydrogen (secondary N) is 1. The molecule has 178 valence electrons. The number of piperazine rings is 1. The Morgan fingerprint density at radius 3 is 2.44 bits per heavy atom. The molecule has 1 fully saturated rings. The number of anilines is 1. The lowest BCUT2D eigenvalue weighted by molar-refractivity contribution is 0.0627. The molecule has 0 aliphatic carbocycles. The van der Waals surface area contributed by atoms with Crippen molar-refractivity contribution in [3.8, 4) is 5.75 Å². The molecular weight excluding hydrogens is 452 g/mol. The summed E-state index contributed by atoms with van der Waals surface area (Å²) in [5.74, 6) is 0.478. The van der Waals surface area contributed by atoms with Crippen LogP contribution in [0.15, 0.2) is 71.9 Å². The highest BCUT2D eigenvalue weighted by atomic mass is 32.2. The Kier molecular flexibility index (Phi) is 7.14. The summed E-state index contributed by atoms with van der Waals surface area (Å²) in [5.41, 5.74) is 2.70. The van der Waals surface area contributed by atoms with E-state index >= 15 is 0 Å². The summed E-state index contributed by atoms with van der Waals surface area (Å²) >= 11 is 0. The van der Waals surface area contributed by atoms with Gasteiger partial charge in [0.2, 0.25) is 0 Å². The number of aryl methyl sites for hydroxylation is 1. The molecule has 4 rings (SSSR count). The van der Waals surface area contributed by atoms with Crippen molar-refractivity contribution < 1.29 is 17.9 Å². The predicted octanol–water partition coefficient (Wildman–Crippen LogP) is 3.16. The zero-order valence-corrected chi connectivity index (χ0v) is 20.1. The van der Waals surface area contributed by atoms with E-state index in [4.69, 9.17) is 4.74 Å². The van der Waals surface area contributed by atoms with Crippen molar-refractivity contribution in [3.63, 3.8) is 0 Å². The summed E-state index contributed by atoms with van der Waals surface area (Å²) in [7, 11) is -2.31. The highest BCUT2D eigenvalue weighted by Gasteiger charge is 2.25. The first-order chi connectivity index (χ1) is 16.4. The third-order valence-electron chi connectivity index (χ3n) is 5.88. The van der Waals surface area contributed by atoms with Gasteiger partial charge in [0, 0.05) is 56.4 Å². The molecule has 1 N–H and O–H groups in total. The fraction of sp³-hybridized carbons (Fsp3) is 0.280. The number of methoxy groups -OCH3 is 1. The van der Waals surface area contributed by atoms with Crippen LogP contribution in [-0.4, -0.2) is 62.4 Å². The van der Waals surface area contributed by atoms with Crippen molar-refractivity contribution in [2.75, 3.05) is 38.0 Å². The Morgan fingerprint density at radius 1 is 1.06 bits per heavy atom. The van der Waals surface area contributed by atoms with Gasteiger partial charge >= 0.3 is 0 Å². The number of nitrogens with zero attached hydrogens (tertiary/aromatic N) is 3. The largest absolute Gasteiger partial charge is 0.497 e. The predicted molar refractivity (Wildman–Crippen MR) is 130 cm³/mol. The number of sulfonamides is 1. The van der Waals surface area contributed by atoms with Crippen LogP contribution in [0.5, 0.6) is 5.75 Å². The van der Waals surface area contributed by atoms with Gasteiger partial charge in [-0.1, -0.05) is 12.1 Å². The minimum absolute atomic E-state index is 0.0486. The minimum Gasteiger partial charge on any atom is -0.497 e. The number of rotatable bonds is 7. The van der Waals surface area contributed by atoms with Gasteiger partial charge in [-0.2, -0.15) is 0 Å². The lowest BCUT2D eigenvalue weighted by Gasteiger charge is -2.35. The van der Waals surface area contributed by atoms with Gasteiger partial charge in [0.05, 0.1) is 12.0 Å². The van der Waals surface area contributed by atoms with Crippen molar-refractivity contribution in [3.05, 3.63) is 83.7 Å². The standard InChI is InChI=1S/C25H28N4O4S/c1-19-5-10-23(34(31,32)27-21-6-8-22(33-2)9-7-21)16-24(19)25(30)29-14-12-28(13-15-29)18-20-4-3-11-26-17-20/h3-11,16-17,27H,12-15,18H2,1-2H3. The number of amides is 1. The van der Waals surface area contributed by atoms with Gasteiger partial charge in [-0.05, 0) is 60.5 Å². The normalized spacial score (nSPS) is 14.6. The number of carbonyl (C=O) groups is 1. The summed E-state index contributed by atoms with van der Waals surface area (Å²) in [5, 5.41) is 0. The van der Waals surface area contributed by atoms with Crippen LogP contribution in [0.3, 0.4) is 0 Å². The fourth-order valence-electron chi connectivity index (χ4n) is 3.90. The molecule has 1 aliphatic rings. The molecule has 0 saturated carbocycles. The quantitative estimate of drug-likeness (QED) is 0.559. The summed E-state index contributed by atoms with van der Waals surface area (Å²) < 4.78 is 33.6. The molecule has 1 aromatic heterocycles. The van der Waals surface area contributed by atoms with Crippen LogP contribution in [0.25, 0.3) is 0 Å². The van der Waals surface area contributed by atoms with Crippen molar-refractivity contribution in [2.45, 2.75) is 18.4 Å². The Hall–Kier alpha value is -3.43. The van der Waals surface area contributed by atoms with E-state index in [1.807, 2.05) is 25.3 Å². The molecule has 3 aromatic rings. The summed E-state index contributed by atoms with van der Waals surface area (Å²) in [4.78, 5) is 21.5.